The number of rotatable bonds is 3. The van der Waals surface area contributed by atoms with Gasteiger partial charge in [0.25, 0.3) is 5.56 Å². The van der Waals surface area contributed by atoms with Gasteiger partial charge in [-0.15, -0.1) is 11.6 Å². The second-order valence-corrected chi connectivity index (χ2v) is 2.52. The van der Waals surface area contributed by atoms with E-state index in [0.717, 1.165) is 0 Å². The highest BCUT2D eigenvalue weighted by atomic mass is 35.5. The summed E-state index contributed by atoms with van der Waals surface area (Å²) in [6.07, 6.45) is 0. The number of H-pyrrole nitrogens is 1. The molecule has 0 saturated carbocycles. The molecular formula is C7H9ClN2O2. The van der Waals surface area contributed by atoms with E-state index in [1.165, 1.54) is 6.07 Å². The Morgan fingerprint density at radius 2 is 2.50 bits per heavy atom. The summed E-state index contributed by atoms with van der Waals surface area (Å²) < 4.78 is 4.82. The summed E-state index contributed by atoms with van der Waals surface area (Å²) in [5, 5.41) is 0. The fourth-order valence-electron chi connectivity index (χ4n) is 0.848. The number of hydrogen-bond acceptors (Lipinski definition) is 3. The van der Waals surface area contributed by atoms with Gasteiger partial charge in [-0.25, -0.2) is 4.98 Å². The number of nitrogens with zero attached hydrogens (tertiary/aromatic N) is 1. The first kappa shape index (κ1) is 9.22. The minimum Gasteiger partial charge on any atom is -0.378 e. The first-order chi connectivity index (χ1) is 5.76. The number of methoxy groups -OCH3 is 1. The smallest absolute Gasteiger partial charge is 0.251 e. The van der Waals surface area contributed by atoms with Crippen molar-refractivity contribution in [1.82, 2.24) is 9.97 Å². The molecule has 0 radical (unpaired) electrons. The third-order valence-corrected chi connectivity index (χ3v) is 1.52. The molecule has 0 aromatic carbocycles. The van der Waals surface area contributed by atoms with Crippen LogP contribution in [0.15, 0.2) is 10.9 Å². The van der Waals surface area contributed by atoms with Gasteiger partial charge in [0.15, 0.2) is 0 Å². The van der Waals surface area contributed by atoms with Crippen LogP contribution in [-0.2, 0) is 17.2 Å². The van der Waals surface area contributed by atoms with Crippen molar-refractivity contribution < 1.29 is 4.74 Å². The van der Waals surface area contributed by atoms with Crippen LogP contribution in [0.2, 0.25) is 0 Å². The van der Waals surface area contributed by atoms with Gasteiger partial charge in [-0.1, -0.05) is 0 Å². The number of aromatic amines is 1. The number of nitrogens with one attached hydrogen (secondary N) is 1. The number of alkyl halides is 1. The third kappa shape index (κ3) is 2.32. The second-order valence-electron chi connectivity index (χ2n) is 2.25. The zero-order valence-electron chi connectivity index (χ0n) is 6.63. The number of ether oxygens (including phenoxy) is 1. The van der Waals surface area contributed by atoms with Gasteiger partial charge in [0.05, 0.1) is 18.2 Å². The van der Waals surface area contributed by atoms with E-state index in [0.29, 0.717) is 18.1 Å². The number of aromatic nitrogens is 2. The van der Waals surface area contributed by atoms with Crippen LogP contribution in [0.1, 0.15) is 11.5 Å². The van der Waals surface area contributed by atoms with Gasteiger partial charge in [0, 0.05) is 13.2 Å². The Morgan fingerprint density at radius 3 is 3.08 bits per heavy atom. The van der Waals surface area contributed by atoms with Gasteiger partial charge in [0.1, 0.15) is 5.82 Å². The van der Waals surface area contributed by atoms with Crippen LogP contribution in [0, 0.1) is 0 Å². The van der Waals surface area contributed by atoms with E-state index in [9.17, 15) is 4.79 Å². The highest BCUT2D eigenvalue weighted by Crippen LogP contribution is 1.96. The molecule has 0 spiro atoms. The molecule has 0 bridgehead atoms. The molecular weight excluding hydrogens is 180 g/mol. The third-order valence-electron chi connectivity index (χ3n) is 1.26. The summed E-state index contributed by atoms with van der Waals surface area (Å²) in [6, 6.07) is 1.39. The van der Waals surface area contributed by atoms with E-state index in [1.807, 2.05) is 0 Å². The molecule has 1 N–H and O–H groups in total. The fourth-order valence-corrected chi connectivity index (χ4v) is 0.975. The molecule has 0 aliphatic heterocycles. The lowest BCUT2D eigenvalue weighted by atomic mass is 10.4. The van der Waals surface area contributed by atoms with Crippen molar-refractivity contribution in [2.45, 2.75) is 12.5 Å². The summed E-state index contributed by atoms with van der Waals surface area (Å²) >= 11 is 5.50. The zero-order valence-corrected chi connectivity index (χ0v) is 7.39. The lowest BCUT2D eigenvalue weighted by molar-refractivity contribution is 0.181. The van der Waals surface area contributed by atoms with Crippen LogP contribution in [0.4, 0.5) is 0 Å². The first-order valence-electron chi connectivity index (χ1n) is 3.40. The van der Waals surface area contributed by atoms with E-state index in [2.05, 4.69) is 9.97 Å². The van der Waals surface area contributed by atoms with Gasteiger partial charge in [-0.3, -0.25) is 4.79 Å². The topological polar surface area (TPSA) is 55.0 Å². The molecule has 1 aromatic heterocycles. The van der Waals surface area contributed by atoms with Crippen molar-refractivity contribution in [3.8, 4) is 0 Å². The molecule has 0 amide bonds. The van der Waals surface area contributed by atoms with Crippen LogP contribution < -0.4 is 5.56 Å². The Labute approximate surface area is 74.5 Å². The van der Waals surface area contributed by atoms with E-state index in [1.54, 1.807) is 7.11 Å². The van der Waals surface area contributed by atoms with Crippen molar-refractivity contribution in [2.75, 3.05) is 7.11 Å². The summed E-state index contributed by atoms with van der Waals surface area (Å²) in [5.74, 6) is 0.670. The zero-order chi connectivity index (χ0) is 8.97. The molecule has 4 nitrogen and oxygen atoms in total. The second kappa shape index (κ2) is 4.23. The predicted octanol–water partition coefficient (Wildman–Crippen LogP) is 0.655. The van der Waals surface area contributed by atoms with E-state index < -0.39 is 0 Å². The Kier molecular flexibility index (Phi) is 3.25. The van der Waals surface area contributed by atoms with Crippen molar-refractivity contribution in [2.24, 2.45) is 0 Å². The van der Waals surface area contributed by atoms with Gasteiger partial charge >= 0.3 is 0 Å². The molecule has 0 saturated heterocycles. The highest BCUT2D eigenvalue weighted by Gasteiger charge is 1.98. The average Bonchev–Trinajstić information content (AvgIpc) is 2.04. The van der Waals surface area contributed by atoms with E-state index in [-0.39, 0.29) is 11.4 Å². The monoisotopic (exact) mass is 188 g/mol. The number of hydrogen-bond donors (Lipinski definition) is 1. The first-order valence-corrected chi connectivity index (χ1v) is 3.93. The molecule has 0 aliphatic rings. The molecule has 1 heterocycles. The summed E-state index contributed by atoms with van der Waals surface area (Å²) in [6.45, 7) is 0.327. The van der Waals surface area contributed by atoms with Crippen LogP contribution >= 0.6 is 11.6 Å². The largest absolute Gasteiger partial charge is 0.378 e. The standard InChI is InChI=1S/C7H9ClN2O2/c1-12-4-5-2-7(11)10-6(3-8)9-5/h2H,3-4H2,1H3,(H,9,10,11). The summed E-state index contributed by atoms with van der Waals surface area (Å²) in [7, 11) is 1.54. The summed E-state index contributed by atoms with van der Waals surface area (Å²) in [5.41, 5.74) is 0.393. The fraction of sp³-hybridized carbons (Fsp3) is 0.429. The molecule has 0 fully saturated rings. The molecule has 66 valence electrons. The van der Waals surface area contributed by atoms with Crippen molar-refractivity contribution >= 4 is 11.6 Å². The molecule has 0 atom stereocenters. The van der Waals surface area contributed by atoms with E-state index in [4.69, 9.17) is 16.3 Å². The highest BCUT2D eigenvalue weighted by molar-refractivity contribution is 6.16. The van der Waals surface area contributed by atoms with Crippen molar-refractivity contribution in [3.63, 3.8) is 0 Å². The molecule has 5 heteroatoms. The normalized spacial score (nSPS) is 10.2. The maximum Gasteiger partial charge on any atom is 0.251 e. The van der Waals surface area contributed by atoms with Crippen LogP contribution in [-0.4, -0.2) is 17.1 Å². The van der Waals surface area contributed by atoms with Gasteiger partial charge < -0.3 is 9.72 Å². The van der Waals surface area contributed by atoms with Crippen LogP contribution in [0.25, 0.3) is 0 Å². The Bertz CT molecular complexity index is 311. The van der Waals surface area contributed by atoms with Crippen LogP contribution in [0.5, 0.6) is 0 Å². The predicted molar refractivity (Wildman–Crippen MR) is 45.1 cm³/mol. The van der Waals surface area contributed by atoms with Crippen molar-refractivity contribution in [1.29, 1.82) is 0 Å². The van der Waals surface area contributed by atoms with Crippen molar-refractivity contribution in [3.05, 3.63) is 27.9 Å². The maximum atomic E-state index is 10.9. The maximum absolute atomic E-state index is 10.9. The van der Waals surface area contributed by atoms with Gasteiger partial charge in [-0.2, -0.15) is 0 Å². The summed E-state index contributed by atoms with van der Waals surface area (Å²) in [4.78, 5) is 17.5. The van der Waals surface area contributed by atoms with Crippen LogP contribution in [0.3, 0.4) is 0 Å². The Hall–Kier alpha value is -0.870. The molecule has 12 heavy (non-hydrogen) atoms. The lowest BCUT2D eigenvalue weighted by Crippen LogP contribution is -2.12. The Morgan fingerprint density at radius 1 is 1.75 bits per heavy atom. The minimum atomic E-state index is -0.201. The average molecular weight is 189 g/mol. The number of halogens is 1. The quantitative estimate of drug-likeness (QED) is 0.709. The molecule has 0 aliphatic carbocycles. The molecule has 1 rings (SSSR count). The molecule has 1 aromatic rings. The lowest BCUT2D eigenvalue weighted by Gasteiger charge is -1.99. The minimum absolute atomic E-state index is 0.201. The van der Waals surface area contributed by atoms with Gasteiger partial charge in [-0.05, 0) is 0 Å². The van der Waals surface area contributed by atoms with Gasteiger partial charge in [0.2, 0.25) is 0 Å². The SMILES string of the molecule is COCc1cc(=O)[nH]c(CCl)n1. The Balaban J connectivity index is 2.98. The van der Waals surface area contributed by atoms with E-state index >= 15 is 0 Å². The molecule has 0 unspecified atom stereocenters.